The number of rotatable bonds is 0. The molecule has 13 heavy (non-hydrogen) atoms. The first kappa shape index (κ1) is 8.51. The molecule has 1 aromatic heterocycles. The first-order valence-corrected chi connectivity index (χ1v) is 4.66. The monoisotopic (exact) mass is 238 g/mol. The van der Waals surface area contributed by atoms with E-state index in [0.29, 0.717) is 15.4 Å². The van der Waals surface area contributed by atoms with Gasteiger partial charge in [0, 0.05) is 0 Å². The zero-order chi connectivity index (χ0) is 9.42. The Morgan fingerprint density at radius 1 is 1.38 bits per heavy atom. The van der Waals surface area contributed by atoms with Gasteiger partial charge in [0.1, 0.15) is 16.3 Å². The molecule has 0 spiro atoms. The van der Waals surface area contributed by atoms with Gasteiger partial charge in [-0.15, -0.1) is 0 Å². The van der Waals surface area contributed by atoms with Crippen molar-refractivity contribution in [3.63, 3.8) is 0 Å². The molecule has 0 aliphatic heterocycles. The summed E-state index contributed by atoms with van der Waals surface area (Å²) in [5, 5.41) is 0.620. The average Bonchev–Trinajstić information content (AvgIpc) is 2.12. The molecule has 2 aromatic rings. The fraction of sp³-hybridized carbons (Fsp3) is 0.100. The zero-order valence-corrected chi connectivity index (χ0v) is 8.59. The molecule has 0 bridgehead atoms. The van der Waals surface area contributed by atoms with Gasteiger partial charge in [-0.2, -0.15) is 0 Å². The van der Waals surface area contributed by atoms with E-state index in [0.717, 1.165) is 5.56 Å². The molecule has 0 unspecified atom stereocenters. The molecule has 2 nitrogen and oxygen atoms in total. The Morgan fingerprint density at radius 3 is 2.92 bits per heavy atom. The van der Waals surface area contributed by atoms with Gasteiger partial charge in [0.25, 0.3) is 0 Å². The summed E-state index contributed by atoms with van der Waals surface area (Å²) in [6.07, 6.45) is 1.43. The maximum absolute atomic E-state index is 11.6. The average molecular weight is 239 g/mol. The van der Waals surface area contributed by atoms with Crippen molar-refractivity contribution in [2.75, 3.05) is 0 Å². The molecular formula is C10H7BrO2. The van der Waals surface area contributed by atoms with E-state index in [1.165, 1.54) is 6.26 Å². The first-order valence-electron chi connectivity index (χ1n) is 3.87. The van der Waals surface area contributed by atoms with Crippen LogP contribution in [0.25, 0.3) is 11.0 Å². The lowest BCUT2D eigenvalue weighted by atomic mass is 10.1. The van der Waals surface area contributed by atoms with Crippen molar-refractivity contribution in [2.45, 2.75) is 6.92 Å². The van der Waals surface area contributed by atoms with Crippen LogP contribution in [0.4, 0.5) is 0 Å². The fourth-order valence-corrected chi connectivity index (χ4v) is 1.59. The maximum Gasteiger partial charge on any atom is 0.206 e. The molecule has 0 saturated carbocycles. The van der Waals surface area contributed by atoms with Gasteiger partial charge in [0.15, 0.2) is 0 Å². The Labute approximate surface area is 83.3 Å². The molecule has 1 heterocycles. The quantitative estimate of drug-likeness (QED) is 0.707. The maximum atomic E-state index is 11.6. The molecule has 1 aromatic carbocycles. The van der Waals surface area contributed by atoms with Crippen molar-refractivity contribution < 1.29 is 4.42 Å². The van der Waals surface area contributed by atoms with E-state index in [1.54, 1.807) is 6.07 Å². The molecule has 0 aliphatic rings. The van der Waals surface area contributed by atoms with Gasteiger partial charge in [0.05, 0.1) is 5.39 Å². The highest BCUT2D eigenvalue weighted by Gasteiger charge is 2.05. The molecular weight excluding hydrogens is 232 g/mol. The number of hydrogen-bond donors (Lipinski definition) is 0. The highest BCUT2D eigenvalue weighted by atomic mass is 79.9. The summed E-state index contributed by atoms with van der Waals surface area (Å²) in [6, 6.07) is 5.53. The molecule has 3 heteroatoms. The lowest BCUT2D eigenvalue weighted by Crippen LogP contribution is -2.01. The molecule has 0 radical (unpaired) electrons. The Bertz CT molecular complexity index is 514. The van der Waals surface area contributed by atoms with Gasteiger partial charge in [-0.25, -0.2) is 0 Å². The smallest absolute Gasteiger partial charge is 0.206 e. The first-order chi connectivity index (χ1) is 6.20. The number of fused-ring (bicyclic) bond motifs is 1. The highest BCUT2D eigenvalue weighted by molar-refractivity contribution is 9.10. The van der Waals surface area contributed by atoms with Crippen LogP contribution in [0.2, 0.25) is 0 Å². The van der Waals surface area contributed by atoms with Crippen molar-refractivity contribution in [3.8, 4) is 0 Å². The number of aryl methyl sites for hydroxylation is 1. The lowest BCUT2D eigenvalue weighted by Gasteiger charge is -1.99. The molecule has 0 atom stereocenters. The predicted octanol–water partition coefficient (Wildman–Crippen LogP) is 2.86. The second-order valence-corrected chi connectivity index (χ2v) is 3.72. The van der Waals surface area contributed by atoms with Gasteiger partial charge in [0.2, 0.25) is 5.43 Å². The third kappa shape index (κ3) is 1.29. The minimum absolute atomic E-state index is 0.0232. The van der Waals surface area contributed by atoms with Crippen LogP contribution >= 0.6 is 15.9 Å². The summed E-state index contributed by atoms with van der Waals surface area (Å²) in [7, 11) is 0. The number of para-hydroxylation sites is 1. The van der Waals surface area contributed by atoms with Gasteiger partial charge >= 0.3 is 0 Å². The van der Waals surface area contributed by atoms with E-state index in [1.807, 2.05) is 19.1 Å². The van der Waals surface area contributed by atoms with Crippen molar-refractivity contribution in [1.82, 2.24) is 0 Å². The van der Waals surface area contributed by atoms with Gasteiger partial charge in [-0.1, -0.05) is 12.1 Å². The second-order valence-electron chi connectivity index (χ2n) is 2.86. The standard InChI is InChI=1S/C10H7BrO2/c1-6-3-2-4-7-9(12)8(11)5-13-10(6)7/h2-5H,1H3. The predicted molar refractivity (Wildman–Crippen MR) is 54.9 cm³/mol. The molecule has 0 amide bonds. The van der Waals surface area contributed by atoms with E-state index < -0.39 is 0 Å². The van der Waals surface area contributed by atoms with E-state index in [2.05, 4.69) is 15.9 Å². The summed E-state index contributed by atoms with van der Waals surface area (Å²) in [5.74, 6) is 0. The Kier molecular flexibility index (Phi) is 1.96. The molecule has 2 rings (SSSR count). The Balaban J connectivity index is 3.03. The van der Waals surface area contributed by atoms with E-state index >= 15 is 0 Å². The van der Waals surface area contributed by atoms with E-state index in [-0.39, 0.29) is 5.43 Å². The van der Waals surface area contributed by atoms with Crippen LogP contribution in [0.3, 0.4) is 0 Å². The van der Waals surface area contributed by atoms with Crippen LogP contribution in [-0.4, -0.2) is 0 Å². The lowest BCUT2D eigenvalue weighted by molar-refractivity contribution is 0.596. The van der Waals surface area contributed by atoms with Crippen molar-refractivity contribution in [3.05, 3.63) is 44.7 Å². The topological polar surface area (TPSA) is 30.2 Å². The van der Waals surface area contributed by atoms with Crippen molar-refractivity contribution in [1.29, 1.82) is 0 Å². The Hall–Kier alpha value is -1.09. The minimum Gasteiger partial charge on any atom is -0.463 e. The SMILES string of the molecule is Cc1cccc2c(=O)c(Br)coc12. The highest BCUT2D eigenvalue weighted by Crippen LogP contribution is 2.17. The molecule has 0 N–H and O–H groups in total. The summed E-state index contributed by atoms with van der Waals surface area (Å²) in [4.78, 5) is 11.6. The molecule has 0 aliphatic carbocycles. The number of hydrogen-bond acceptors (Lipinski definition) is 2. The fourth-order valence-electron chi connectivity index (χ4n) is 1.28. The summed E-state index contributed by atoms with van der Waals surface area (Å²) >= 11 is 3.13. The van der Waals surface area contributed by atoms with Crippen LogP contribution in [0.15, 0.2) is 38.1 Å². The summed E-state index contributed by atoms with van der Waals surface area (Å²) in [5.41, 5.74) is 1.61. The summed E-state index contributed by atoms with van der Waals surface area (Å²) < 4.78 is 5.77. The second kappa shape index (κ2) is 3.00. The zero-order valence-electron chi connectivity index (χ0n) is 7.00. The van der Waals surface area contributed by atoms with E-state index in [4.69, 9.17) is 4.42 Å². The normalized spacial score (nSPS) is 10.6. The molecule has 66 valence electrons. The van der Waals surface area contributed by atoms with Crippen molar-refractivity contribution in [2.24, 2.45) is 0 Å². The largest absolute Gasteiger partial charge is 0.463 e. The number of halogens is 1. The number of benzene rings is 1. The van der Waals surface area contributed by atoms with Crippen LogP contribution < -0.4 is 5.43 Å². The van der Waals surface area contributed by atoms with Crippen LogP contribution in [0.1, 0.15) is 5.56 Å². The van der Waals surface area contributed by atoms with Gasteiger partial charge in [-0.05, 0) is 34.5 Å². The van der Waals surface area contributed by atoms with Crippen LogP contribution in [0, 0.1) is 6.92 Å². The third-order valence-corrected chi connectivity index (χ3v) is 2.50. The van der Waals surface area contributed by atoms with E-state index in [9.17, 15) is 4.79 Å². The minimum atomic E-state index is -0.0232. The van der Waals surface area contributed by atoms with Crippen LogP contribution in [0.5, 0.6) is 0 Å². The third-order valence-electron chi connectivity index (χ3n) is 1.95. The molecule has 0 saturated heterocycles. The van der Waals surface area contributed by atoms with Gasteiger partial charge in [-0.3, -0.25) is 4.79 Å². The summed E-state index contributed by atoms with van der Waals surface area (Å²) in [6.45, 7) is 1.92. The van der Waals surface area contributed by atoms with Gasteiger partial charge < -0.3 is 4.42 Å². The Morgan fingerprint density at radius 2 is 2.15 bits per heavy atom. The van der Waals surface area contributed by atoms with Crippen LogP contribution in [-0.2, 0) is 0 Å². The van der Waals surface area contributed by atoms with Crippen molar-refractivity contribution >= 4 is 26.9 Å². The molecule has 0 fully saturated rings.